The third-order valence-electron chi connectivity index (χ3n) is 6.09. The van der Waals surface area contributed by atoms with Crippen LogP contribution in [0.2, 0.25) is 0 Å². The molecule has 0 fully saturated rings. The summed E-state index contributed by atoms with van der Waals surface area (Å²) in [7, 11) is 0. The van der Waals surface area contributed by atoms with Crippen molar-refractivity contribution in [1.82, 2.24) is 0 Å². The van der Waals surface area contributed by atoms with Gasteiger partial charge in [-0.2, -0.15) is 0 Å². The summed E-state index contributed by atoms with van der Waals surface area (Å²) in [6.45, 7) is 4.30. The molecule has 0 bridgehead atoms. The van der Waals surface area contributed by atoms with Gasteiger partial charge in [0.25, 0.3) is 0 Å². The van der Waals surface area contributed by atoms with Gasteiger partial charge in [-0.15, -0.1) is 45.3 Å². The number of thiophene rings is 4. The Kier molecular flexibility index (Phi) is 3.51. The summed E-state index contributed by atoms with van der Waals surface area (Å²) >= 11 is 6.87. The normalized spacial score (nSPS) is 18.7. The lowest BCUT2D eigenvalue weighted by atomic mass is 9.87. The fourth-order valence-electron chi connectivity index (χ4n) is 4.91. The SMILES string of the molecule is Cc1cc2c(ccc3sc4c(c32)-c2c(sc3ccc5sc(C)cc5c23)[C@H](O)[C@H]4O)s1. The molecular weight excluding hydrogens is 449 g/mol. The molecule has 6 aromatic rings. The first-order valence-corrected chi connectivity index (χ1v) is 13.1. The van der Waals surface area contributed by atoms with Crippen LogP contribution < -0.4 is 0 Å². The van der Waals surface area contributed by atoms with Gasteiger partial charge in [0.1, 0.15) is 12.2 Å². The average molecular weight is 465 g/mol. The molecule has 7 rings (SSSR count). The van der Waals surface area contributed by atoms with Crippen molar-refractivity contribution in [1.29, 1.82) is 0 Å². The predicted octanol–water partition coefficient (Wildman–Crippen LogP) is 7.91. The van der Waals surface area contributed by atoms with E-state index in [9.17, 15) is 10.2 Å². The fourth-order valence-corrected chi connectivity index (χ4v) is 9.26. The summed E-state index contributed by atoms with van der Waals surface area (Å²) in [4.78, 5) is 4.37. The van der Waals surface area contributed by atoms with Crippen molar-refractivity contribution in [2.75, 3.05) is 0 Å². The third kappa shape index (κ3) is 2.14. The van der Waals surface area contributed by atoms with E-state index in [0.29, 0.717) is 0 Å². The highest BCUT2D eigenvalue weighted by atomic mass is 32.1. The summed E-state index contributed by atoms with van der Waals surface area (Å²) in [6, 6.07) is 13.3. The lowest BCUT2D eigenvalue weighted by Gasteiger charge is -2.24. The van der Waals surface area contributed by atoms with Crippen LogP contribution in [0.3, 0.4) is 0 Å². The molecular formula is C24H16O2S4. The Labute approximate surface area is 188 Å². The molecule has 4 aromatic heterocycles. The van der Waals surface area contributed by atoms with E-state index in [1.54, 1.807) is 22.7 Å². The Morgan fingerprint density at radius 3 is 1.43 bits per heavy atom. The van der Waals surface area contributed by atoms with E-state index in [0.717, 1.165) is 20.9 Å². The lowest BCUT2D eigenvalue weighted by molar-refractivity contribution is 0.0205. The van der Waals surface area contributed by atoms with Gasteiger partial charge in [0.15, 0.2) is 0 Å². The zero-order valence-electron chi connectivity index (χ0n) is 16.1. The summed E-state index contributed by atoms with van der Waals surface area (Å²) < 4.78 is 4.91. The zero-order valence-corrected chi connectivity index (χ0v) is 19.4. The first-order valence-electron chi connectivity index (χ1n) is 9.79. The number of aryl methyl sites for hydroxylation is 2. The zero-order chi connectivity index (χ0) is 20.3. The van der Waals surface area contributed by atoms with Crippen molar-refractivity contribution < 1.29 is 10.2 Å². The Bertz CT molecular complexity index is 1530. The van der Waals surface area contributed by atoms with Crippen LogP contribution in [0.1, 0.15) is 31.7 Å². The van der Waals surface area contributed by atoms with Crippen molar-refractivity contribution >= 4 is 85.7 Å². The largest absolute Gasteiger partial charge is 0.384 e. The first-order chi connectivity index (χ1) is 14.5. The fraction of sp³-hybridized carbons (Fsp3) is 0.167. The minimum absolute atomic E-state index is 0.882. The maximum atomic E-state index is 11.1. The van der Waals surface area contributed by atoms with Crippen molar-refractivity contribution in [3.8, 4) is 11.1 Å². The molecule has 2 aromatic carbocycles. The van der Waals surface area contributed by atoms with Gasteiger partial charge in [-0.05, 0) is 50.2 Å². The van der Waals surface area contributed by atoms with Crippen LogP contribution in [0, 0.1) is 13.8 Å². The van der Waals surface area contributed by atoms with Gasteiger partial charge in [-0.25, -0.2) is 0 Å². The van der Waals surface area contributed by atoms with E-state index in [4.69, 9.17) is 0 Å². The number of rotatable bonds is 0. The van der Waals surface area contributed by atoms with E-state index in [1.165, 1.54) is 50.1 Å². The molecule has 4 heterocycles. The number of benzene rings is 2. The standard InChI is InChI=1S/C24H16O2S4/c1-9-7-11-13(27-9)3-5-15-17(11)19-20-18-12-8-10(2)28-14(12)4-6-16(18)30-24(20)22(26)21(25)23(19)29-15/h3-8,21-22,25-26H,1-2H3/t21-,22-/m1/s1. The molecule has 2 nitrogen and oxygen atoms in total. The van der Waals surface area contributed by atoms with E-state index < -0.39 is 12.2 Å². The van der Waals surface area contributed by atoms with Gasteiger partial charge in [0.2, 0.25) is 0 Å². The van der Waals surface area contributed by atoms with E-state index in [-0.39, 0.29) is 0 Å². The molecule has 30 heavy (non-hydrogen) atoms. The number of aliphatic hydroxyl groups excluding tert-OH is 2. The van der Waals surface area contributed by atoms with Crippen LogP contribution in [0.5, 0.6) is 0 Å². The molecule has 0 aliphatic heterocycles. The number of hydrogen-bond donors (Lipinski definition) is 2. The second kappa shape index (κ2) is 5.91. The summed E-state index contributed by atoms with van der Waals surface area (Å²) in [6.07, 6.45) is -1.76. The molecule has 0 radical (unpaired) electrons. The van der Waals surface area contributed by atoms with Crippen molar-refractivity contribution in [3.63, 3.8) is 0 Å². The molecule has 2 atom stereocenters. The first kappa shape index (κ1) is 17.8. The Balaban J connectivity index is 1.75. The molecule has 1 aliphatic rings. The number of aliphatic hydroxyl groups is 2. The van der Waals surface area contributed by atoms with Crippen LogP contribution in [0.25, 0.3) is 51.5 Å². The quantitative estimate of drug-likeness (QED) is 0.240. The average Bonchev–Trinajstić information content (AvgIpc) is 3.44. The molecule has 0 spiro atoms. The van der Waals surface area contributed by atoms with Crippen LogP contribution in [-0.4, -0.2) is 10.2 Å². The van der Waals surface area contributed by atoms with Gasteiger partial charge >= 0.3 is 0 Å². The highest BCUT2D eigenvalue weighted by molar-refractivity contribution is 7.23. The van der Waals surface area contributed by atoms with Crippen LogP contribution in [0.15, 0.2) is 36.4 Å². The summed E-state index contributed by atoms with van der Waals surface area (Å²) in [5.41, 5.74) is 2.27. The third-order valence-corrected chi connectivity index (χ3v) is 10.6. The molecule has 6 heteroatoms. The van der Waals surface area contributed by atoms with Crippen molar-refractivity contribution in [3.05, 3.63) is 55.9 Å². The molecule has 0 unspecified atom stereocenters. The predicted molar refractivity (Wildman–Crippen MR) is 133 cm³/mol. The van der Waals surface area contributed by atoms with Gasteiger partial charge in [-0.1, -0.05) is 0 Å². The lowest BCUT2D eigenvalue weighted by Crippen LogP contribution is -2.13. The van der Waals surface area contributed by atoms with Gasteiger partial charge in [0, 0.05) is 71.0 Å². The minimum Gasteiger partial charge on any atom is -0.384 e. The van der Waals surface area contributed by atoms with E-state index in [1.807, 2.05) is 22.7 Å². The highest BCUT2D eigenvalue weighted by Crippen LogP contribution is 2.58. The summed E-state index contributed by atoms with van der Waals surface area (Å²) in [5.74, 6) is 0. The molecule has 1 aliphatic carbocycles. The Hall–Kier alpha value is -1.80. The van der Waals surface area contributed by atoms with E-state index in [2.05, 4.69) is 50.2 Å². The van der Waals surface area contributed by atoms with Crippen LogP contribution in [0.4, 0.5) is 0 Å². The smallest absolute Gasteiger partial charge is 0.120 e. The van der Waals surface area contributed by atoms with Crippen LogP contribution >= 0.6 is 45.3 Å². The highest BCUT2D eigenvalue weighted by Gasteiger charge is 2.38. The Morgan fingerprint density at radius 2 is 1.00 bits per heavy atom. The van der Waals surface area contributed by atoms with Gasteiger partial charge in [-0.3, -0.25) is 0 Å². The van der Waals surface area contributed by atoms with Gasteiger partial charge < -0.3 is 10.2 Å². The molecule has 0 saturated carbocycles. The topological polar surface area (TPSA) is 40.5 Å². The second-order valence-electron chi connectivity index (χ2n) is 7.99. The second-order valence-corrected chi connectivity index (χ2v) is 12.7. The minimum atomic E-state index is -0.882. The van der Waals surface area contributed by atoms with E-state index >= 15 is 0 Å². The molecule has 0 saturated heterocycles. The maximum Gasteiger partial charge on any atom is 0.120 e. The van der Waals surface area contributed by atoms with Gasteiger partial charge in [0.05, 0.1) is 0 Å². The van der Waals surface area contributed by atoms with Crippen molar-refractivity contribution in [2.45, 2.75) is 26.1 Å². The van der Waals surface area contributed by atoms with Crippen molar-refractivity contribution in [2.24, 2.45) is 0 Å². The number of fused-ring (bicyclic) bond motifs is 11. The summed E-state index contributed by atoms with van der Waals surface area (Å²) in [5, 5.41) is 27.1. The van der Waals surface area contributed by atoms with Crippen LogP contribution in [-0.2, 0) is 0 Å². The monoisotopic (exact) mass is 464 g/mol. The Morgan fingerprint density at radius 1 is 0.600 bits per heavy atom. The molecule has 148 valence electrons. The molecule has 0 amide bonds. The number of hydrogen-bond acceptors (Lipinski definition) is 6. The maximum absolute atomic E-state index is 11.1. The molecule has 2 N–H and O–H groups in total.